The van der Waals surface area contributed by atoms with Gasteiger partial charge in [0.2, 0.25) is 5.91 Å². The van der Waals surface area contributed by atoms with Crippen LogP contribution in [-0.2, 0) is 16.2 Å². The van der Waals surface area contributed by atoms with Crippen LogP contribution in [0.5, 0.6) is 5.75 Å². The zero-order valence-electron chi connectivity index (χ0n) is 33.3. The number of hydrogen-bond acceptors (Lipinski definition) is 9. The molecule has 0 spiro atoms. The molecule has 0 unspecified atom stereocenters. The highest BCUT2D eigenvalue weighted by Crippen LogP contribution is 2.39. The van der Waals surface area contributed by atoms with Gasteiger partial charge in [0, 0.05) is 61.0 Å². The lowest BCUT2D eigenvalue weighted by atomic mass is 9.77. The number of methoxy groups -OCH3 is 1. The molecule has 3 fully saturated rings. The quantitative estimate of drug-likeness (QED) is 0.210. The summed E-state index contributed by atoms with van der Waals surface area (Å²) in [6.45, 7) is 6.71. The molecule has 5 rings (SSSR count). The van der Waals surface area contributed by atoms with E-state index in [1.54, 1.807) is 19.1 Å². The Labute approximate surface area is 317 Å². The second-order valence-corrected chi connectivity index (χ2v) is 16.4. The number of benzene rings is 2. The molecule has 53 heavy (non-hydrogen) atoms. The van der Waals surface area contributed by atoms with Gasteiger partial charge in [0.25, 0.3) is 5.91 Å². The summed E-state index contributed by atoms with van der Waals surface area (Å²) in [5.41, 5.74) is 3.87. The lowest BCUT2D eigenvalue weighted by Gasteiger charge is -2.36. The van der Waals surface area contributed by atoms with Crippen molar-refractivity contribution in [1.82, 2.24) is 20.6 Å². The third-order valence-electron chi connectivity index (χ3n) is 12.1. The molecule has 2 aliphatic carbocycles. The maximum atomic E-state index is 14.1. The Morgan fingerprint density at radius 2 is 1.75 bits per heavy atom. The molecule has 4 N–H and O–H groups in total. The van der Waals surface area contributed by atoms with Crippen LogP contribution in [0.3, 0.4) is 0 Å². The van der Waals surface area contributed by atoms with Gasteiger partial charge in [-0.3, -0.25) is 14.4 Å². The summed E-state index contributed by atoms with van der Waals surface area (Å²) in [5, 5.41) is 29.5. The molecule has 0 radical (unpaired) electrons. The van der Waals surface area contributed by atoms with E-state index in [1.165, 1.54) is 19.3 Å². The first kappa shape index (κ1) is 41.0. The maximum Gasteiger partial charge on any atom is 0.251 e. The third-order valence-corrected chi connectivity index (χ3v) is 12.1. The molecule has 8 atom stereocenters. The Hall–Kier alpha value is -3.22. The Morgan fingerprint density at radius 3 is 2.40 bits per heavy atom. The molecule has 2 aromatic rings. The molecule has 2 aromatic carbocycles. The first-order valence-electron chi connectivity index (χ1n) is 19.8. The highest BCUT2D eigenvalue weighted by atomic mass is 16.7. The number of anilines is 1. The summed E-state index contributed by atoms with van der Waals surface area (Å²) in [5.74, 6) is 0.953. The number of hydrogen-bond donors (Lipinski definition) is 4. The van der Waals surface area contributed by atoms with Crippen LogP contribution >= 0.6 is 0 Å². The molecule has 2 saturated carbocycles. The minimum atomic E-state index is -0.891. The zero-order valence-corrected chi connectivity index (χ0v) is 33.3. The van der Waals surface area contributed by atoms with Gasteiger partial charge in [-0.1, -0.05) is 64.2 Å². The molecule has 294 valence electrons. The monoisotopic (exact) mass is 735 g/mol. The second-order valence-electron chi connectivity index (χ2n) is 16.4. The molecule has 1 aliphatic heterocycles. The van der Waals surface area contributed by atoms with Crippen molar-refractivity contribution in [3.63, 3.8) is 0 Å². The zero-order chi connectivity index (χ0) is 38.4. The summed E-state index contributed by atoms with van der Waals surface area (Å²) >= 11 is 0. The summed E-state index contributed by atoms with van der Waals surface area (Å²) in [4.78, 5) is 38.6. The van der Waals surface area contributed by atoms with E-state index in [9.17, 15) is 19.8 Å². The minimum absolute atomic E-state index is 0.0324. The van der Waals surface area contributed by atoms with Crippen molar-refractivity contribution in [2.75, 3.05) is 53.4 Å². The molecular weight excluding hydrogens is 670 g/mol. The van der Waals surface area contributed by atoms with Gasteiger partial charge < -0.3 is 35.4 Å². The molecule has 11 heteroatoms. The number of nitrogens with zero attached hydrogens (tertiary/aromatic N) is 3. The number of likely N-dealkylation sites (N-methyl/N-ethyl adjacent to an activating group) is 1. The van der Waals surface area contributed by atoms with E-state index in [2.05, 4.69) is 49.5 Å². The van der Waals surface area contributed by atoms with E-state index in [-0.39, 0.29) is 37.0 Å². The molecule has 0 aromatic heterocycles. The van der Waals surface area contributed by atoms with E-state index in [0.717, 1.165) is 61.0 Å². The molecule has 1 saturated heterocycles. The van der Waals surface area contributed by atoms with Crippen LogP contribution in [0, 0.1) is 23.7 Å². The third kappa shape index (κ3) is 9.72. The Morgan fingerprint density at radius 1 is 1.02 bits per heavy atom. The number of aliphatic hydroxyl groups excluding tert-OH is 2. The molecule has 0 bridgehead atoms. The van der Waals surface area contributed by atoms with Crippen molar-refractivity contribution in [1.29, 1.82) is 0 Å². The lowest BCUT2D eigenvalue weighted by Crippen LogP contribution is -2.53. The minimum Gasteiger partial charge on any atom is -0.496 e. The molecular formula is C42H65N5O6. The van der Waals surface area contributed by atoms with Gasteiger partial charge in [0.1, 0.15) is 17.9 Å². The topological polar surface area (TPSA) is 127 Å². The number of amides is 2. The highest BCUT2D eigenvalue weighted by Gasteiger charge is 2.50. The van der Waals surface area contributed by atoms with Gasteiger partial charge in [0.05, 0.1) is 26.4 Å². The Balaban J connectivity index is 1.46. The number of carbonyl (C=O) groups excluding carboxylic acids is 2. The van der Waals surface area contributed by atoms with Gasteiger partial charge in [-0.25, -0.2) is 0 Å². The van der Waals surface area contributed by atoms with E-state index >= 15 is 0 Å². The standard InChI is InChI=1S/C42H65N5O6/c1-26-14-12-19-35(27(26)2)43-42(51)39-38(28(3)49)37(25-48)53-47(39)23-30-17-13-18-34(40(30)52-8)31-20-32(22-33(21-31)46(6)7)41(50)44-36(24-45(4)5)29-15-10-9-11-16-29/h13,17-18,20-22,26-29,35-39,48-49H,9-12,14-16,19,23-25H2,1-8H3,(H,43,51)(H,44,50)/t26-,27+,28+,35+,36-,37+,38-,39+/m1/s1. The fraction of sp³-hybridized carbons (Fsp3) is 0.667. The van der Waals surface area contributed by atoms with Gasteiger partial charge in [0.15, 0.2) is 0 Å². The average molecular weight is 736 g/mol. The number of aliphatic hydroxyl groups is 2. The van der Waals surface area contributed by atoms with Crippen LogP contribution in [0.1, 0.15) is 88.1 Å². The van der Waals surface area contributed by atoms with E-state index in [4.69, 9.17) is 9.57 Å². The number of hydroxylamine groups is 2. The number of rotatable bonds is 14. The van der Waals surface area contributed by atoms with Gasteiger partial charge >= 0.3 is 0 Å². The summed E-state index contributed by atoms with van der Waals surface area (Å²) in [6, 6.07) is 11.0. The SMILES string of the molecule is COc1c(CN2O[C@@H](CO)[C@@H]([C@H](C)O)[C@H]2C(=O)N[C@H]2CCC[C@@H](C)[C@@H]2C)cccc1-c1cc(C(=O)N[C@H](CN(C)C)C2CCCCC2)cc(N(C)C)c1. The maximum absolute atomic E-state index is 14.1. The molecule has 2 amide bonds. The summed E-state index contributed by atoms with van der Waals surface area (Å²) in [7, 11) is 9.66. The van der Waals surface area contributed by atoms with Crippen LogP contribution in [0.2, 0.25) is 0 Å². The van der Waals surface area contributed by atoms with Crippen LogP contribution in [0.25, 0.3) is 11.1 Å². The van der Waals surface area contributed by atoms with Crippen LogP contribution in [0.4, 0.5) is 5.69 Å². The van der Waals surface area contributed by atoms with Crippen molar-refractivity contribution in [2.24, 2.45) is 23.7 Å². The fourth-order valence-corrected chi connectivity index (χ4v) is 8.93. The fourth-order valence-electron chi connectivity index (χ4n) is 8.93. The van der Waals surface area contributed by atoms with Gasteiger partial charge in [-0.05, 0) is 81.8 Å². The van der Waals surface area contributed by atoms with Crippen molar-refractivity contribution in [3.05, 3.63) is 47.5 Å². The molecule has 3 aliphatic rings. The lowest BCUT2D eigenvalue weighted by molar-refractivity contribution is -0.182. The average Bonchev–Trinajstić information content (AvgIpc) is 3.51. The first-order chi connectivity index (χ1) is 25.3. The van der Waals surface area contributed by atoms with Gasteiger partial charge in [-0.15, -0.1) is 0 Å². The van der Waals surface area contributed by atoms with E-state index in [0.29, 0.717) is 29.1 Å². The van der Waals surface area contributed by atoms with Crippen molar-refractivity contribution in [3.8, 4) is 16.9 Å². The van der Waals surface area contributed by atoms with Crippen LogP contribution in [-0.4, -0.2) is 111 Å². The predicted molar refractivity (Wildman–Crippen MR) is 210 cm³/mol. The predicted octanol–water partition coefficient (Wildman–Crippen LogP) is 5.08. The van der Waals surface area contributed by atoms with Crippen LogP contribution < -0.4 is 20.3 Å². The van der Waals surface area contributed by atoms with E-state index in [1.807, 2.05) is 49.3 Å². The largest absolute Gasteiger partial charge is 0.496 e. The van der Waals surface area contributed by atoms with Crippen molar-refractivity contribution >= 4 is 17.5 Å². The number of ether oxygens (including phenoxy) is 1. The molecule has 11 nitrogen and oxygen atoms in total. The first-order valence-corrected chi connectivity index (χ1v) is 19.8. The van der Waals surface area contributed by atoms with E-state index < -0.39 is 24.2 Å². The van der Waals surface area contributed by atoms with Crippen molar-refractivity contribution in [2.45, 2.75) is 109 Å². The molecule has 1 heterocycles. The highest BCUT2D eigenvalue weighted by molar-refractivity contribution is 5.97. The number of nitrogens with one attached hydrogen (secondary N) is 2. The van der Waals surface area contributed by atoms with Gasteiger partial charge in [-0.2, -0.15) is 5.06 Å². The number of carbonyl (C=O) groups is 2. The second kappa shape index (κ2) is 18.4. The Kier molecular flexibility index (Phi) is 14.2. The van der Waals surface area contributed by atoms with Crippen LogP contribution in [0.15, 0.2) is 36.4 Å². The Bertz CT molecular complexity index is 1530. The van der Waals surface area contributed by atoms with Crippen molar-refractivity contribution < 1.29 is 29.4 Å². The number of para-hydroxylation sites is 1. The normalized spacial score (nSPS) is 26.6. The summed E-state index contributed by atoms with van der Waals surface area (Å²) in [6.07, 6.45) is 7.40. The summed E-state index contributed by atoms with van der Waals surface area (Å²) < 4.78 is 6.10. The smallest absolute Gasteiger partial charge is 0.251 e.